The Morgan fingerprint density at radius 2 is 1.88 bits per heavy atom. The van der Waals surface area contributed by atoms with Gasteiger partial charge in [0.15, 0.2) is 5.82 Å². The van der Waals surface area contributed by atoms with Gasteiger partial charge in [0.2, 0.25) is 0 Å². The standard InChI is InChI=1S/C27H29ClN4O2/c28-22-8-3-6-20(18-22)26-29-12-11-24(30-26)25-10-5-15-32(25)27(33)21-7-4-9-23(19-21)34-17-16-31-13-1-2-14-31/h3-4,6-9,11-12,18-19,25H,1-2,5,10,13-17H2. The average Bonchev–Trinajstić information content (AvgIpc) is 3.56. The fraction of sp³-hybridized carbons (Fsp3) is 0.370. The first-order chi connectivity index (χ1) is 16.7. The molecule has 176 valence electrons. The maximum absolute atomic E-state index is 13.5. The van der Waals surface area contributed by atoms with E-state index < -0.39 is 0 Å². The fourth-order valence-corrected chi connectivity index (χ4v) is 5.02. The van der Waals surface area contributed by atoms with Gasteiger partial charge >= 0.3 is 0 Å². The zero-order valence-electron chi connectivity index (χ0n) is 19.2. The molecule has 0 N–H and O–H groups in total. The molecule has 2 aliphatic heterocycles. The normalized spacial score (nSPS) is 18.4. The van der Waals surface area contributed by atoms with Gasteiger partial charge in [0.1, 0.15) is 12.4 Å². The molecule has 7 heteroatoms. The zero-order valence-corrected chi connectivity index (χ0v) is 20.0. The highest BCUT2D eigenvalue weighted by Gasteiger charge is 2.32. The van der Waals surface area contributed by atoms with Crippen molar-refractivity contribution in [2.45, 2.75) is 31.7 Å². The Morgan fingerprint density at radius 3 is 2.74 bits per heavy atom. The Hall–Kier alpha value is -2.96. The molecule has 0 aliphatic carbocycles. The molecule has 0 spiro atoms. The number of hydrogen-bond donors (Lipinski definition) is 0. The van der Waals surface area contributed by atoms with Crippen LogP contribution in [0.25, 0.3) is 11.4 Å². The third-order valence-corrected chi connectivity index (χ3v) is 6.81. The molecule has 6 nitrogen and oxygen atoms in total. The molecule has 3 aromatic rings. The van der Waals surface area contributed by atoms with Gasteiger partial charge in [-0.15, -0.1) is 0 Å². The number of nitrogens with zero attached hydrogens (tertiary/aromatic N) is 4. The minimum absolute atomic E-state index is 0.00964. The number of aromatic nitrogens is 2. The third-order valence-electron chi connectivity index (χ3n) is 6.57. The Morgan fingerprint density at radius 1 is 1.03 bits per heavy atom. The van der Waals surface area contributed by atoms with Crippen LogP contribution >= 0.6 is 11.6 Å². The van der Waals surface area contributed by atoms with E-state index in [1.54, 1.807) is 6.20 Å². The lowest BCUT2D eigenvalue weighted by Crippen LogP contribution is -2.31. The second kappa shape index (κ2) is 10.5. The number of carbonyl (C=O) groups is 1. The first-order valence-corrected chi connectivity index (χ1v) is 12.4. The van der Waals surface area contributed by atoms with Crippen LogP contribution in [0.5, 0.6) is 5.75 Å². The van der Waals surface area contributed by atoms with Crippen molar-refractivity contribution in [3.8, 4) is 17.1 Å². The highest BCUT2D eigenvalue weighted by Crippen LogP contribution is 2.33. The Balaban J connectivity index is 1.29. The Bertz CT molecular complexity index is 1150. The Kier molecular flexibility index (Phi) is 7.07. The van der Waals surface area contributed by atoms with Gasteiger partial charge in [0.25, 0.3) is 5.91 Å². The molecule has 3 heterocycles. The number of rotatable bonds is 7. The number of hydrogen-bond acceptors (Lipinski definition) is 5. The van der Waals surface area contributed by atoms with Crippen LogP contribution in [-0.2, 0) is 0 Å². The van der Waals surface area contributed by atoms with Crippen molar-refractivity contribution in [2.75, 3.05) is 32.8 Å². The monoisotopic (exact) mass is 476 g/mol. The summed E-state index contributed by atoms with van der Waals surface area (Å²) in [6.45, 7) is 4.58. The lowest BCUT2D eigenvalue weighted by molar-refractivity contribution is 0.0732. The van der Waals surface area contributed by atoms with E-state index in [9.17, 15) is 4.79 Å². The van der Waals surface area contributed by atoms with Crippen LogP contribution in [0.1, 0.15) is 47.8 Å². The summed E-state index contributed by atoms with van der Waals surface area (Å²) < 4.78 is 5.96. The molecule has 34 heavy (non-hydrogen) atoms. The molecule has 0 saturated carbocycles. The van der Waals surface area contributed by atoms with E-state index in [2.05, 4.69) is 9.88 Å². The molecule has 2 aliphatic rings. The lowest BCUT2D eigenvalue weighted by atomic mass is 10.1. The minimum atomic E-state index is -0.0758. The predicted octanol–water partition coefficient (Wildman–Crippen LogP) is 5.25. The van der Waals surface area contributed by atoms with E-state index in [0.29, 0.717) is 29.6 Å². The molecular formula is C27H29ClN4O2. The van der Waals surface area contributed by atoms with Crippen LogP contribution in [0, 0.1) is 0 Å². The molecule has 1 amide bonds. The number of carbonyl (C=O) groups excluding carboxylic acids is 1. The minimum Gasteiger partial charge on any atom is -0.492 e. The molecule has 1 aromatic heterocycles. The van der Waals surface area contributed by atoms with E-state index >= 15 is 0 Å². The number of amides is 1. The molecule has 0 bridgehead atoms. The van der Waals surface area contributed by atoms with Gasteiger partial charge in [0.05, 0.1) is 11.7 Å². The second-order valence-corrected chi connectivity index (χ2v) is 9.33. The van der Waals surface area contributed by atoms with Gasteiger partial charge in [-0.25, -0.2) is 9.97 Å². The molecule has 2 aromatic carbocycles. The third kappa shape index (κ3) is 5.24. The number of likely N-dealkylation sites (tertiary alicyclic amines) is 2. The molecule has 1 atom stereocenters. The van der Waals surface area contributed by atoms with E-state index in [-0.39, 0.29) is 11.9 Å². The van der Waals surface area contributed by atoms with E-state index in [0.717, 1.165) is 49.5 Å². The van der Waals surface area contributed by atoms with E-state index in [1.165, 1.54) is 12.8 Å². The van der Waals surface area contributed by atoms with Gasteiger partial charge in [0, 0.05) is 35.4 Å². The summed E-state index contributed by atoms with van der Waals surface area (Å²) in [6.07, 6.45) is 6.12. The summed E-state index contributed by atoms with van der Waals surface area (Å²) in [5.41, 5.74) is 2.37. The summed E-state index contributed by atoms with van der Waals surface area (Å²) in [5.74, 6) is 1.37. The summed E-state index contributed by atoms with van der Waals surface area (Å²) in [4.78, 5) is 27.0. The predicted molar refractivity (Wildman–Crippen MR) is 133 cm³/mol. The number of halogens is 1. The molecule has 2 fully saturated rings. The van der Waals surface area contributed by atoms with Crippen molar-refractivity contribution in [1.29, 1.82) is 0 Å². The average molecular weight is 477 g/mol. The van der Waals surface area contributed by atoms with Crippen LogP contribution in [0.2, 0.25) is 5.02 Å². The molecule has 5 rings (SSSR count). The van der Waals surface area contributed by atoms with Gasteiger partial charge in [-0.3, -0.25) is 9.69 Å². The highest BCUT2D eigenvalue weighted by atomic mass is 35.5. The molecular weight excluding hydrogens is 448 g/mol. The van der Waals surface area contributed by atoms with Crippen molar-refractivity contribution in [3.63, 3.8) is 0 Å². The number of ether oxygens (including phenoxy) is 1. The van der Waals surface area contributed by atoms with Crippen molar-refractivity contribution in [2.24, 2.45) is 0 Å². The molecule has 0 radical (unpaired) electrons. The smallest absolute Gasteiger partial charge is 0.254 e. The maximum atomic E-state index is 13.5. The van der Waals surface area contributed by atoms with E-state index in [4.69, 9.17) is 21.3 Å². The second-order valence-electron chi connectivity index (χ2n) is 8.90. The van der Waals surface area contributed by atoms with Gasteiger partial charge in [-0.1, -0.05) is 29.8 Å². The van der Waals surface area contributed by atoms with Crippen molar-refractivity contribution in [1.82, 2.24) is 19.8 Å². The van der Waals surface area contributed by atoms with Gasteiger partial charge in [-0.05, 0) is 75.2 Å². The first kappa shape index (κ1) is 22.8. The fourth-order valence-electron chi connectivity index (χ4n) is 4.83. The summed E-state index contributed by atoms with van der Waals surface area (Å²) >= 11 is 6.15. The maximum Gasteiger partial charge on any atom is 0.254 e. The lowest BCUT2D eigenvalue weighted by Gasteiger charge is -2.25. The first-order valence-electron chi connectivity index (χ1n) is 12.0. The van der Waals surface area contributed by atoms with Gasteiger partial charge < -0.3 is 9.64 Å². The largest absolute Gasteiger partial charge is 0.492 e. The van der Waals surface area contributed by atoms with Crippen LogP contribution in [0.4, 0.5) is 0 Å². The van der Waals surface area contributed by atoms with Crippen molar-refractivity contribution >= 4 is 17.5 Å². The zero-order chi connectivity index (χ0) is 23.3. The Labute approximate surface area is 205 Å². The summed E-state index contributed by atoms with van der Waals surface area (Å²) in [5, 5.41) is 0.645. The quantitative estimate of drug-likeness (QED) is 0.466. The van der Waals surface area contributed by atoms with Gasteiger partial charge in [-0.2, -0.15) is 0 Å². The SMILES string of the molecule is O=C(c1cccc(OCCN2CCCC2)c1)N1CCCC1c1ccnc(-c2cccc(Cl)c2)n1. The van der Waals surface area contributed by atoms with Crippen LogP contribution < -0.4 is 4.74 Å². The van der Waals surface area contributed by atoms with Crippen LogP contribution in [-0.4, -0.2) is 58.5 Å². The highest BCUT2D eigenvalue weighted by molar-refractivity contribution is 6.30. The van der Waals surface area contributed by atoms with E-state index in [1.807, 2.05) is 59.5 Å². The molecule has 2 saturated heterocycles. The topological polar surface area (TPSA) is 58.6 Å². The van der Waals surface area contributed by atoms with Crippen molar-refractivity contribution < 1.29 is 9.53 Å². The van der Waals surface area contributed by atoms with Crippen LogP contribution in [0.3, 0.4) is 0 Å². The van der Waals surface area contributed by atoms with Crippen molar-refractivity contribution in [3.05, 3.63) is 77.1 Å². The molecule has 1 unspecified atom stereocenters. The number of benzene rings is 2. The summed E-state index contributed by atoms with van der Waals surface area (Å²) in [7, 11) is 0. The summed E-state index contributed by atoms with van der Waals surface area (Å²) in [6, 6.07) is 16.9. The van der Waals surface area contributed by atoms with Crippen LogP contribution in [0.15, 0.2) is 60.8 Å².